The second-order valence-electron chi connectivity index (χ2n) is 21.2. The van der Waals surface area contributed by atoms with Crippen molar-refractivity contribution in [2.75, 3.05) is 66.0 Å². The van der Waals surface area contributed by atoms with Gasteiger partial charge in [-0.15, -0.1) is 16.7 Å². The Morgan fingerprint density at radius 1 is 0.952 bits per heavy atom. The van der Waals surface area contributed by atoms with Crippen LogP contribution in [0.3, 0.4) is 0 Å². The van der Waals surface area contributed by atoms with Crippen molar-refractivity contribution < 1.29 is 47.6 Å². The third-order valence-electron chi connectivity index (χ3n) is 11.0. The summed E-state index contributed by atoms with van der Waals surface area (Å²) in [6, 6.07) is 15.4. The number of nitrogens with one attached hydrogen (secondary N) is 2. The number of fused-ring (bicyclic) bond motifs is 1. The summed E-state index contributed by atoms with van der Waals surface area (Å²) in [5, 5.41) is 19.5. The SMILES string of the molecule is CC(C)Oc1cc(-n2nc(C(C)(C)C)oc2=O)c(Cl)cc1Cl.CC1COc2ccccc2N1C(=O)C(Cl)Cl.CCNc1nc(Cl)nc(NC(C)(C)C)n1.CCc1cccc(C)c1N(C(=O)CCl)C(C)COC.CP(=O)(O)CCC(N)C(=O)O. The molecular weight excluding hydrogens is 1220 g/mol. The van der Waals surface area contributed by atoms with E-state index in [2.05, 4.69) is 43.7 Å². The molecule has 21 nitrogen and oxygen atoms in total. The van der Waals surface area contributed by atoms with Crippen LogP contribution in [0.15, 0.2) is 63.8 Å². The van der Waals surface area contributed by atoms with E-state index in [-0.39, 0.29) is 69.7 Å². The van der Waals surface area contributed by atoms with E-state index >= 15 is 0 Å². The lowest BCUT2D eigenvalue weighted by atomic mass is 9.97. The summed E-state index contributed by atoms with van der Waals surface area (Å²) in [4.78, 5) is 69.4. The van der Waals surface area contributed by atoms with Gasteiger partial charge in [-0.05, 0) is 116 Å². The second kappa shape index (κ2) is 34.3. The Morgan fingerprint density at radius 3 is 2.10 bits per heavy atom. The van der Waals surface area contributed by atoms with Gasteiger partial charge in [0.2, 0.25) is 29.0 Å². The van der Waals surface area contributed by atoms with Crippen LogP contribution in [0.4, 0.5) is 23.3 Å². The number of aliphatic carboxylic acids is 1. The Kier molecular flexibility index (Phi) is 30.6. The fourth-order valence-corrected chi connectivity index (χ4v) is 9.07. The number of carboxylic acid groups (broad SMARTS) is 1. The topological polar surface area (TPSA) is 280 Å². The van der Waals surface area contributed by atoms with Gasteiger partial charge in [0.15, 0.2) is 12.2 Å². The molecule has 5 aromatic rings. The van der Waals surface area contributed by atoms with Crippen LogP contribution in [0.5, 0.6) is 11.5 Å². The van der Waals surface area contributed by atoms with Crippen LogP contribution < -0.4 is 41.4 Å². The maximum Gasteiger partial charge on any atom is 0.442 e. The number of hydrogen-bond donors (Lipinski definition) is 5. The highest BCUT2D eigenvalue weighted by Crippen LogP contribution is 2.37. The summed E-state index contributed by atoms with van der Waals surface area (Å²) in [5.41, 5.74) is 8.90. The number of amides is 2. The standard InChI is InChI=1S/C15H18Cl2N2O3.C15H22ClNO2.C11H11Cl2NO2.C9H16ClN5.C5H12NO4P/c1-8(2)21-12-7-11(9(16)6-10(12)17)19-14(20)22-13(18-19)15(3,4)5;1-5-13-8-6-7-11(2)15(13)17(14(18)9-16)12(3)10-19-4;1-7-6-16-9-5-3-2-4-8(9)14(7)11(15)10(12)13;1-5-11-7-12-6(10)13-8(14-7)15-9(2,3)4;1-11(9,10)3-2-4(6)5(7)8/h6-8H,1-5H3;6-8,12H,5,9-10H2,1-4H3;2-5,7,10H,6H2,1H3;5H2,1-4H3,(H2,11,12,13,14,15);4H,2-3,6H2,1H3,(H,7,8)(H,9,10). The van der Waals surface area contributed by atoms with Gasteiger partial charge in [-0.3, -0.25) is 18.9 Å². The molecule has 0 fully saturated rings. The Labute approximate surface area is 516 Å². The van der Waals surface area contributed by atoms with Crippen molar-refractivity contribution in [2.24, 2.45) is 5.73 Å². The smallest absolute Gasteiger partial charge is 0.442 e. The molecule has 462 valence electrons. The molecule has 0 saturated carbocycles. The van der Waals surface area contributed by atoms with Gasteiger partial charge < -0.3 is 54.8 Å². The average molecular weight is 1300 g/mol. The Hall–Kier alpha value is -4.93. The van der Waals surface area contributed by atoms with Gasteiger partial charge in [0.05, 0.1) is 51.9 Å². The maximum atomic E-state index is 12.2. The molecule has 6 rings (SSSR count). The number of benzene rings is 3. The lowest BCUT2D eigenvalue weighted by Gasteiger charge is -2.35. The molecule has 4 atom stereocenters. The van der Waals surface area contributed by atoms with E-state index in [9.17, 15) is 23.7 Å². The number of aromatic nitrogens is 5. The van der Waals surface area contributed by atoms with E-state index in [4.69, 9.17) is 104 Å². The van der Waals surface area contributed by atoms with Gasteiger partial charge in [0, 0.05) is 43.5 Å². The number of rotatable bonds is 17. The molecule has 2 aromatic heterocycles. The molecule has 1 aliphatic heterocycles. The number of aryl methyl sites for hydroxylation is 2. The fraction of sp³-hybridized carbons (Fsp3) is 0.527. The highest BCUT2D eigenvalue weighted by molar-refractivity contribution is 7.57. The Balaban J connectivity index is 0.000000360. The minimum absolute atomic E-state index is 0.0223. The van der Waals surface area contributed by atoms with Crippen LogP contribution in [0.2, 0.25) is 15.3 Å². The first-order valence-electron chi connectivity index (χ1n) is 26.3. The zero-order valence-electron chi connectivity index (χ0n) is 49.5. The van der Waals surface area contributed by atoms with Crippen LogP contribution in [-0.4, -0.2) is 133 Å². The molecule has 4 unspecified atom stereocenters. The maximum absolute atomic E-state index is 12.2. The summed E-state index contributed by atoms with van der Waals surface area (Å²) in [6.45, 7) is 28.3. The number of alkyl halides is 3. The highest BCUT2D eigenvalue weighted by Gasteiger charge is 2.32. The molecule has 0 bridgehead atoms. The fourth-order valence-electron chi connectivity index (χ4n) is 7.30. The van der Waals surface area contributed by atoms with E-state index in [1.807, 2.05) is 119 Å². The number of methoxy groups -OCH3 is 1. The van der Waals surface area contributed by atoms with Gasteiger partial charge in [-0.25, -0.2) is 4.79 Å². The van der Waals surface area contributed by atoms with Gasteiger partial charge in [-0.2, -0.15) is 19.6 Å². The lowest BCUT2D eigenvalue weighted by molar-refractivity contribution is -0.138. The monoisotopic (exact) mass is 1300 g/mol. The number of nitrogens with zero attached hydrogens (tertiary/aromatic N) is 7. The van der Waals surface area contributed by atoms with Gasteiger partial charge in [-0.1, -0.05) is 104 Å². The molecule has 0 radical (unpaired) electrons. The number of ether oxygens (including phenoxy) is 3. The van der Waals surface area contributed by atoms with E-state index < -0.39 is 30.0 Å². The second-order valence-corrected chi connectivity index (χ2v) is 26.2. The highest BCUT2D eigenvalue weighted by atomic mass is 35.5. The quantitative estimate of drug-likeness (QED) is 0.0427. The van der Waals surface area contributed by atoms with Gasteiger partial charge in [0.1, 0.15) is 30.0 Å². The Morgan fingerprint density at radius 2 is 1.58 bits per heavy atom. The molecule has 0 saturated heterocycles. The van der Waals surface area contributed by atoms with E-state index in [1.54, 1.807) is 23.0 Å². The number of carboxylic acids is 1. The minimum atomic E-state index is -3.10. The average Bonchev–Trinajstić information content (AvgIpc) is 4.09. The molecule has 2 amide bonds. The predicted octanol–water partition coefficient (Wildman–Crippen LogP) is 11.8. The van der Waals surface area contributed by atoms with Gasteiger partial charge >= 0.3 is 11.7 Å². The molecular formula is C55H79Cl6N10O11P. The normalized spacial score (nSPS) is 14.2. The molecule has 28 heteroatoms. The van der Waals surface area contributed by atoms with Crippen molar-refractivity contribution in [1.82, 2.24) is 24.7 Å². The first-order chi connectivity index (χ1) is 38.5. The number of para-hydroxylation sites is 3. The van der Waals surface area contributed by atoms with Crippen LogP contribution >= 0.6 is 77.0 Å². The number of carbonyl (C=O) groups excluding carboxylic acids is 2. The van der Waals surface area contributed by atoms with Gasteiger partial charge in [0.25, 0.3) is 5.91 Å². The predicted molar refractivity (Wildman–Crippen MR) is 334 cm³/mol. The van der Waals surface area contributed by atoms with Crippen LogP contribution in [0.1, 0.15) is 107 Å². The van der Waals surface area contributed by atoms with Crippen molar-refractivity contribution in [3.05, 3.63) is 97.5 Å². The third-order valence-corrected chi connectivity index (χ3v) is 13.5. The van der Waals surface area contributed by atoms with Crippen LogP contribution in [-0.2, 0) is 35.5 Å². The van der Waals surface area contributed by atoms with Crippen LogP contribution in [0.25, 0.3) is 5.69 Å². The number of nitrogens with two attached hydrogens (primary N) is 1. The zero-order valence-corrected chi connectivity index (χ0v) is 55.0. The van der Waals surface area contributed by atoms with Crippen molar-refractivity contribution in [3.63, 3.8) is 0 Å². The molecule has 0 spiro atoms. The number of carbonyl (C=O) groups is 3. The summed E-state index contributed by atoms with van der Waals surface area (Å²) in [5.74, 6) is 0.250. The van der Waals surface area contributed by atoms with E-state index in [1.165, 1.54) is 12.7 Å². The number of anilines is 4. The molecule has 83 heavy (non-hydrogen) atoms. The minimum Gasteiger partial charge on any atom is -0.489 e. The summed E-state index contributed by atoms with van der Waals surface area (Å²) in [7, 11) is -1.47. The summed E-state index contributed by atoms with van der Waals surface area (Å²) < 4.78 is 33.3. The largest absolute Gasteiger partial charge is 0.489 e. The van der Waals surface area contributed by atoms with Crippen molar-refractivity contribution in [3.8, 4) is 17.2 Å². The first-order valence-corrected chi connectivity index (χ1v) is 31.1. The summed E-state index contributed by atoms with van der Waals surface area (Å²) in [6.07, 6.45) is 0.814. The molecule has 3 heterocycles. The zero-order chi connectivity index (χ0) is 63.3. The first kappa shape index (κ1) is 74.2. The molecule has 6 N–H and O–H groups in total. The van der Waals surface area contributed by atoms with Crippen molar-refractivity contribution in [1.29, 1.82) is 0 Å². The number of hydrogen-bond acceptors (Lipinski definition) is 16. The van der Waals surface area contributed by atoms with Crippen molar-refractivity contribution in [2.45, 2.75) is 143 Å². The third kappa shape index (κ3) is 24.9. The molecule has 3 aromatic carbocycles. The molecule has 1 aliphatic rings. The lowest BCUT2D eigenvalue weighted by Crippen LogP contribution is -2.47. The number of halogens is 6. The Bertz CT molecular complexity index is 3010. The van der Waals surface area contributed by atoms with Crippen LogP contribution in [0, 0.1) is 6.92 Å². The molecule has 0 aliphatic carbocycles. The summed E-state index contributed by atoms with van der Waals surface area (Å²) >= 11 is 35.1. The van der Waals surface area contributed by atoms with E-state index in [0.29, 0.717) is 53.2 Å². The van der Waals surface area contributed by atoms with E-state index in [0.717, 1.165) is 40.1 Å². The van der Waals surface area contributed by atoms with Crippen molar-refractivity contribution >= 4 is 118 Å².